The maximum Gasteiger partial charge on any atom is 0.231 e. The molecule has 0 bridgehead atoms. The Kier molecular flexibility index (Phi) is 4.12. The molecular formula is C18H15NO2S3. The van der Waals surface area contributed by atoms with E-state index in [-0.39, 0.29) is 17.1 Å². The summed E-state index contributed by atoms with van der Waals surface area (Å²) in [5, 5.41) is 6.97. The van der Waals surface area contributed by atoms with Crippen molar-refractivity contribution in [1.82, 2.24) is 5.32 Å². The summed E-state index contributed by atoms with van der Waals surface area (Å²) in [7, 11) is 0. The van der Waals surface area contributed by atoms with E-state index in [0.717, 1.165) is 32.4 Å². The highest BCUT2D eigenvalue weighted by Gasteiger charge is 2.51. The highest BCUT2D eigenvalue weighted by molar-refractivity contribution is 7.16. The van der Waals surface area contributed by atoms with Gasteiger partial charge in [-0.3, -0.25) is 9.59 Å². The molecule has 0 aliphatic heterocycles. The van der Waals surface area contributed by atoms with Crippen LogP contribution in [-0.2, 0) is 16.8 Å². The van der Waals surface area contributed by atoms with Crippen molar-refractivity contribution in [2.75, 3.05) is 0 Å². The van der Waals surface area contributed by atoms with E-state index in [1.807, 2.05) is 47.2 Å². The van der Waals surface area contributed by atoms with Crippen LogP contribution >= 0.6 is 34.0 Å². The van der Waals surface area contributed by atoms with E-state index in [2.05, 4.69) is 5.32 Å². The molecule has 1 aliphatic rings. The molecule has 1 amide bonds. The Morgan fingerprint density at radius 3 is 2.46 bits per heavy atom. The first-order valence-electron chi connectivity index (χ1n) is 7.68. The third-order valence-corrected chi connectivity index (χ3v) is 7.26. The van der Waals surface area contributed by atoms with Crippen LogP contribution in [0.4, 0.5) is 0 Å². The van der Waals surface area contributed by atoms with E-state index in [0.29, 0.717) is 6.54 Å². The molecule has 0 unspecified atom stereocenters. The average Bonchev–Trinajstić information content (AvgIpc) is 3.08. The van der Waals surface area contributed by atoms with Gasteiger partial charge < -0.3 is 5.32 Å². The topological polar surface area (TPSA) is 46.2 Å². The summed E-state index contributed by atoms with van der Waals surface area (Å²) in [6.07, 6.45) is 1.85. The van der Waals surface area contributed by atoms with Crippen molar-refractivity contribution in [2.45, 2.75) is 24.8 Å². The highest BCUT2D eigenvalue weighted by Crippen LogP contribution is 2.50. The molecule has 3 aromatic heterocycles. The summed E-state index contributed by atoms with van der Waals surface area (Å²) in [6.45, 7) is 0.481. The van der Waals surface area contributed by atoms with Crippen molar-refractivity contribution in [3.05, 3.63) is 66.7 Å². The number of hydrogen-bond acceptors (Lipinski definition) is 5. The van der Waals surface area contributed by atoms with Gasteiger partial charge in [0, 0.05) is 9.75 Å². The first kappa shape index (κ1) is 15.7. The van der Waals surface area contributed by atoms with Crippen molar-refractivity contribution >= 4 is 45.7 Å². The Balaban J connectivity index is 1.40. The molecule has 24 heavy (non-hydrogen) atoms. The average molecular weight is 374 g/mol. The van der Waals surface area contributed by atoms with Crippen molar-refractivity contribution in [3.8, 4) is 0 Å². The van der Waals surface area contributed by atoms with Gasteiger partial charge in [-0.1, -0.05) is 12.1 Å². The second kappa shape index (κ2) is 6.27. The summed E-state index contributed by atoms with van der Waals surface area (Å²) in [4.78, 5) is 28.5. The van der Waals surface area contributed by atoms with Crippen LogP contribution < -0.4 is 5.32 Å². The fourth-order valence-electron chi connectivity index (χ4n) is 2.72. The zero-order valence-electron chi connectivity index (χ0n) is 12.8. The number of ketones is 1. The van der Waals surface area contributed by atoms with Crippen LogP contribution in [0.25, 0.3) is 0 Å². The van der Waals surface area contributed by atoms with Gasteiger partial charge in [0.15, 0.2) is 0 Å². The summed E-state index contributed by atoms with van der Waals surface area (Å²) >= 11 is 4.55. The molecule has 1 saturated carbocycles. The predicted molar refractivity (Wildman–Crippen MR) is 99.1 cm³/mol. The summed E-state index contributed by atoms with van der Waals surface area (Å²) in [6, 6.07) is 11.5. The van der Waals surface area contributed by atoms with Gasteiger partial charge >= 0.3 is 0 Å². The molecule has 1 fully saturated rings. The normalized spacial score (nSPS) is 15.2. The SMILES string of the molecule is O=C(c1cccs1)c1ccc(CNC(=O)C2(c3cccs3)CC2)s1. The van der Waals surface area contributed by atoms with E-state index >= 15 is 0 Å². The Bertz CT molecular complexity index is 858. The lowest BCUT2D eigenvalue weighted by Crippen LogP contribution is -2.33. The van der Waals surface area contributed by atoms with Crippen LogP contribution in [-0.4, -0.2) is 11.7 Å². The van der Waals surface area contributed by atoms with Gasteiger partial charge in [-0.05, 0) is 47.9 Å². The number of hydrogen-bond donors (Lipinski definition) is 1. The van der Waals surface area contributed by atoms with Crippen molar-refractivity contribution in [3.63, 3.8) is 0 Å². The van der Waals surface area contributed by atoms with Gasteiger partial charge in [-0.25, -0.2) is 0 Å². The van der Waals surface area contributed by atoms with Crippen LogP contribution in [0.5, 0.6) is 0 Å². The fraction of sp³-hybridized carbons (Fsp3) is 0.222. The predicted octanol–water partition coefficient (Wildman–Crippen LogP) is 4.45. The van der Waals surface area contributed by atoms with Gasteiger partial charge in [0.25, 0.3) is 0 Å². The fourth-order valence-corrected chi connectivity index (χ4v) is 5.35. The Morgan fingerprint density at radius 1 is 1.00 bits per heavy atom. The molecule has 6 heteroatoms. The number of carbonyl (C=O) groups is 2. The quantitative estimate of drug-likeness (QED) is 0.649. The summed E-state index contributed by atoms with van der Waals surface area (Å²) < 4.78 is 0. The number of rotatable bonds is 6. The highest BCUT2D eigenvalue weighted by atomic mass is 32.1. The minimum atomic E-state index is -0.305. The smallest absolute Gasteiger partial charge is 0.231 e. The molecule has 3 aromatic rings. The van der Waals surface area contributed by atoms with Gasteiger partial charge in [-0.15, -0.1) is 34.0 Å². The maximum absolute atomic E-state index is 12.6. The van der Waals surface area contributed by atoms with Crippen LogP contribution in [0.1, 0.15) is 37.1 Å². The lowest BCUT2D eigenvalue weighted by molar-refractivity contribution is -0.123. The van der Waals surface area contributed by atoms with Gasteiger partial charge in [0.05, 0.1) is 21.7 Å². The Morgan fingerprint density at radius 2 is 1.79 bits per heavy atom. The molecule has 122 valence electrons. The van der Waals surface area contributed by atoms with Gasteiger partial charge in [0.1, 0.15) is 0 Å². The van der Waals surface area contributed by atoms with Gasteiger partial charge in [-0.2, -0.15) is 0 Å². The molecule has 0 saturated heterocycles. The van der Waals surface area contributed by atoms with Crippen LogP contribution in [0.15, 0.2) is 47.2 Å². The van der Waals surface area contributed by atoms with Crippen LogP contribution in [0.2, 0.25) is 0 Å². The van der Waals surface area contributed by atoms with E-state index in [9.17, 15) is 9.59 Å². The summed E-state index contributed by atoms with van der Waals surface area (Å²) in [5.74, 6) is 0.161. The van der Waals surface area contributed by atoms with Crippen LogP contribution in [0.3, 0.4) is 0 Å². The van der Waals surface area contributed by atoms with E-state index in [1.54, 1.807) is 11.3 Å². The Labute approximate surface area is 152 Å². The lowest BCUT2D eigenvalue weighted by Gasteiger charge is -2.13. The molecule has 1 N–H and O–H groups in total. The third-order valence-electron chi connectivity index (χ3n) is 4.23. The number of carbonyl (C=O) groups excluding carboxylic acids is 2. The zero-order chi connectivity index (χ0) is 16.6. The second-order valence-electron chi connectivity index (χ2n) is 5.81. The maximum atomic E-state index is 12.6. The van der Waals surface area contributed by atoms with Crippen LogP contribution in [0, 0.1) is 0 Å². The summed E-state index contributed by atoms with van der Waals surface area (Å²) in [5.41, 5.74) is -0.305. The van der Waals surface area contributed by atoms with Gasteiger partial charge in [0.2, 0.25) is 11.7 Å². The second-order valence-corrected chi connectivity index (χ2v) is 8.88. The largest absolute Gasteiger partial charge is 0.350 e. The number of amides is 1. The molecule has 4 rings (SSSR count). The molecule has 0 spiro atoms. The first-order chi connectivity index (χ1) is 11.7. The minimum Gasteiger partial charge on any atom is -0.350 e. The van der Waals surface area contributed by atoms with Crippen molar-refractivity contribution < 1.29 is 9.59 Å². The molecule has 3 heterocycles. The molecule has 0 aromatic carbocycles. The first-order valence-corrected chi connectivity index (χ1v) is 10.3. The molecule has 1 aliphatic carbocycles. The van der Waals surface area contributed by atoms with E-state index in [1.165, 1.54) is 22.7 Å². The van der Waals surface area contributed by atoms with Crippen molar-refractivity contribution in [2.24, 2.45) is 0 Å². The monoisotopic (exact) mass is 373 g/mol. The van der Waals surface area contributed by atoms with E-state index < -0.39 is 0 Å². The van der Waals surface area contributed by atoms with Crippen molar-refractivity contribution in [1.29, 1.82) is 0 Å². The Hall–Kier alpha value is -1.76. The molecule has 3 nitrogen and oxygen atoms in total. The minimum absolute atomic E-state index is 0.0600. The lowest BCUT2D eigenvalue weighted by atomic mass is 10.0. The molecular weight excluding hydrogens is 358 g/mol. The third kappa shape index (κ3) is 2.85. The zero-order valence-corrected chi connectivity index (χ0v) is 15.2. The molecule has 0 radical (unpaired) electrons. The standard InChI is InChI=1S/C18H15NO2S3/c20-16(13-3-1-9-22-13)14-6-5-12(24-14)11-19-17(21)18(7-8-18)15-4-2-10-23-15/h1-6,9-10H,7-8,11H2,(H,19,21). The van der Waals surface area contributed by atoms with E-state index in [4.69, 9.17) is 0 Å². The number of thiophene rings is 3. The number of nitrogens with one attached hydrogen (secondary N) is 1. The molecule has 0 atom stereocenters.